The lowest BCUT2D eigenvalue weighted by molar-refractivity contribution is -0.133. The number of ether oxygens (including phenoxy) is 1. The molecule has 128 valence electrons. The molecule has 2 heterocycles. The molecule has 3 rings (SSSR count). The van der Waals surface area contributed by atoms with Crippen LogP contribution in [-0.2, 0) is 29.1 Å². The summed E-state index contributed by atoms with van der Waals surface area (Å²) in [5, 5.41) is 8.50. The first kappa shape index (κ1) is 16.6. The van der Waals surface area contributed by atoms with Crippen LogP contribution in [0.2, 0.25) is 0 Å². The molecule has 6 nitrogen and oxygen atoms in total. The van der Waals surface area contributed by atoms with E-state index >= 15 is 0 Å². The van der Waals surface area contributed by atoms with Gasteiger partial charge in [0.15, 0.2) is 11.6 Å². The SMILES string of the molecule is CCOCc1nnc2n1CCN(C(=O)Cc1ccc(C)cc1)C2C. The fourth-order valence-electron chi connectivity index (χ4n) is 3.07. The van der Waals surface area contributed by atoms with Crippen LogP contribution >= 0.6 is 0 Å². The van der Waals surface area contributed by atoms with Crippen molar-refractivity contribution in [2.75, 3.05) is 13.2 Å². The lowest BCUT2D eigenvalue weighted by Gasteiger charge is -2.34. The van der Waals surface area contributed by atoms with Gasteiger partial charge in [0, 0.05) is 19.7 Å². The first-order valence-electron chi connectivity index (χ1n) is 8.45. The molecule has 1 aliphatic rings. The van der Waals surface area contributed by atoms with Gasteiger partial charge in [0.25, 0.3) is 0 Å². The van der Waals surface area contributed by atoms with Crippen LogP contribution in [0.1, 0.15) is 42.7 Å². The molecular formula is C18H24N4O2. The molecule has 0 radical (unpaired) electrons. The van der Waals surface area contributed by atoms with E-state index in [-0.39, 0.29) is 11.9 Å². The molecule has 1 atom stereocenters. The number of aromatic nitrogens is 3. The summed E-state index contributed by atoms with van der Waals surface area (Å²) in [6.45, 7) is 8.53. The van der Waals surface area contributed by atoms with E-state index in [1.54, 1.807) is 0 Å². The number of fused-ring (bicyclic) bond motifs is 1. The van der Waals surface area contributed by atoms with Gasteiger partial charge in [0.2, 0.25) is 5.91 Å². The van der Waals surface area contributed by atoms with E-state index in [1.807, 2.05) is 49.9 Å². The number of amides is 1. The van der Waals surface area contributed by atoms with Gasteiger partial charge in [-0.05, 0) is 26.3 Å². The minimum absolute atomic E-state index is 0.0698. The van der Waals surface area contributed by atoms with Crippen molar-refractivity contribution in [3.63, 3.8) is 0 Å². The van der Waals surface area contributed by atoms with Gasteiger partial charge in [0.05, 0.1) is 12.5 Å². The van der Waals surface area contributed by atoms with E-state index in [1.165, 1.54) is 5.56 Å². The third-order valence-electron chi connectivity index (χ3n) is 4.49. The third kappa shape index (κ3) is 3.33. The Morgan fingerprint density at radius 3 is 2.71 bits per heavy atom. The van der Waals surface area contributed by atoms with E-state index < -0.39 is 0 Å². The molecule has 1 amide bonds. The highest BCUT2D eigenvalue weighted by atomic mass is 16.5. The van der Waals surface area contributed by atoms with Gasteiger partial charge >= 0.3 is 0 Å². The fourth-order valence-corrected chi connectivity index (χ4v) is 3.07. The molecule has 0 aliphatic carbocycles. The smallest absolute Gasteiger partial charge is 0.227 e. The largest absolute Gasteiger partial charge is 0.374 e. The van der Waals surface area contributed by atoms with E-state index in [0.29, 0.717) is 32.7 Å². The maximum atomic E-state index is 12.7. The van der Waals surface area contributed by atoms with E-state index in [2.05, 4.69) is 14.8 Å². The maximum Gasteiger partial charge on any atom is 0.227 e. The van der Waals surface area contributed by atoms with Crippen molar-refractivity contribution in [2.45, 2.75) is 46.4 Å². The molecule has 0 saturated carbocycles. The molecule has 1 aliphatic heterocycles. The Morgan fingerprint density at radius 2 is 2.00 bits per heavy atom. The summed E-state index contributed by atoms with van der Waals surface area (Å²) in [7, 11) is 0. The van der Waals surface area contributed by atoms with Crippen LogP contribution in [0.25, 0.3) is 0 Å². The second-order valence-corrected chi connectivity index (χ2v) is 6.19. The summed E-state index contributed by atoms with van der Waals surface area (Å²) in [5.41, 5.74) is 2.24. The van der Waals surface area contributed by atoms with Crippen LogP contribution in [0.3, 0.4) is 0 Å². The summed E-state index contributed by atoms with van der Waals surface area (Å²) in [6, 6.07) is 8.05. The van der Waals surface area contributed by atoms with Gasteiger partial charge in [-0.1, -0.05) is 29.8 Å². The van der Waals surface area contributed by atoms with Crippen LogP contribution in [0, 0.1) is 6.92 Å². The van der Waals surface area contributed by atoms with Crippen molar-refractivity contribution in [3.8, 4) is 0 Å². The van der Waals surface area contributed by atoms with Crippen LogP contribution in [0.15, 0.2) is 24.3 Å². The average Bonchev–Trinajstić information content (AvgIpc) is 2.99. The van der Waals surface area contributed by atoms with Gasteiger partial charge in [0.1, 0.15) is 6.61 Å². The van der Waals surface area contributed by atoms with Gasteiger partial charge < -0.3 is 14.2 Å². The number of carbonyl (C=O) groups excluding carboxylic acids is 1. The highest BCUT2D eigenvalue weighted by molar-refractivity contribution is 5.79. The molecule has 0 N–H and O–H groups in total. The molecule has 2 aromatic rings. The molecule has 0 bridgehead atoms. The number of nitrogens with zero attached hydrogens (tertiary/aromatic N) is 4. The third-order valence-corrected chi connectivity index (χ3v) is 4.49. The molecule has 24 heavy (non-hydrogen) atoms. The number of benzene rings is 1. The number of carbonyl (C=O) groups is 1. The number of aryl methyl sites for hydroxylation is 1. The summed E-state index contributed by atoms with van der Waals surface area (Å²) in [5.74, 6) is 1.81. The standard InChI is InChI=1S/C18H24N4O2/c1-4-24-12-16-19-20-18-14(3)21(9-10-22(16)18)17(23)11-15-7-5-13(2)6-8-15/h5-8,14H,4,9-12H2,1-3H3. The zero-order valence-electron chi connectivity index (χ0n) is 14.5. The minimum Gasteiger partial charge on any atom is -0.374 e. The normalized spacial score (nSPS) is 17.0. The molecule has 0 fully saturated rings. The first-order valence-corrected chi connectivity index (χ1v) is 8.45. The van der Waals surface area contributed by atoms with Crippen LogP contribution in [-0.4, -0.2) is 38.7 Å². The van der Waals surface area contributed by atoms with E-state index in [9.17, 15) is 4.79 Å². The average molecular weight is 328 g/mol. The Labute approximate surface area is 142 Å². The molecule has 1 unspecified atom stereocenters. The first-order chi connectivity index (χ1) is 11.6. The molecule has 0 saturated heterocycles. The Balaban J connectivity index is 1.71. The lowest BCUT2D eigenvalue weighted by atomic mass is 10.1. The molecule has 0 spiro atoms. The minimum atomic E-state index is -0.0698. The van der Waals surface area contributed by atoms with Crippen LogP contribution in [0.5, 0.6) is 0 Å². The predicted octanol–water partition coefficient (Wildman–Crippen LogP) is 2.27. The maximum absolute atomic E-state index is 12.7. The van der Waals surface area contributed by atoms with Crippen LogP contribution < -0.4 is 0 Å². The van der Waals surface area contributed by atoms with E-state index in [4.69, 9.17) is 4.74 Å². The van der Waals surface area contributed by atoms with Gasteiger partial charge in [-0.15, -0.1) is 10.2 Å². The van der Waals surface area contributed by atoms with E-state index in [0.717, 1.165) is 17.2 Å². The molecule has 1 aromatic heterocycles. The lowest BCUT2D eigenvalue weighted by Crippen LogP contribution is -2.42. The highest BCUT2D eigenvalue weighted by Crippen LogP contribution is 2.25. The van der Waals surface area contributed by atoms with Crippen molar-refractivity contribution in [3.05, 3.63) is 47.0 Å². The Bertz CT molecular complexity index is 708. The number of hydrogen-bond donors (Lipinski definition) is 0. The zero-order valence-corrected chi connectivity index (χ0v) is 14.5. The summed E-state index contributed by atoms with van der Waals surface area (Å²) >= 11 is 0. The molecule has 6 heteroatoms. The van der Waals surface area contributed by atoms with Crippen molar-refractivity contribution in [1.82, 2.24) is 19.7 Å². The zero-order chi connectivity index (χ0) is 17.1. The number of rotatable bonds is 5. The predicted molar refractivity (Wildman–Crippen MR) is 90.4 cm³/mol. The van der Waals surface area contributed by atoms with Gasteiger partial charge in [-0.2, -0.15) is 0 Å². The number of hydrogen-bond acceptors (Lipinski definition) is 4. The summed E-state index contributed by atoms with van der Waals surface area (Å²) < 4.78 is 7.52. The van der Waals surface area contributed by atoms with Crippen molar-refractivity contribution >= 4 is 5.91 Å². The topological polar surface area (TPSA) is 60.3 Å². The second kappa shape index (κ2) is 7.13. The summed E-state index contributed by atoms with van der Waals surface area (Å²) in [4.78, 5) is 14.6. The van der Waals surface area contributed by atoms with Gasteiger partial charge in [-0.25, -0.2) is 0 Å². The molecular weight excluding hydrogens is 304 g/mol. The van der Waals surface area contributed by atoms with Gasteiger partial charge in [-0.3, -0.25) is 4.79 Å². The molecule has 1 aromatic carbocycles. The van der Waals surface area contributed by atoms with Crippen molar-refractivity contribution in [1.29, 1.82) is 0 Å². The Kier molecular flexibility index (Phi) is 4.94. The second-order valence-electron chi connectivity index (χ2n) is 6.19. The monoisotopic (exact) mass is 328 g/mol. The quantitative estimate of drug-likeness (QED) is 0.845. The fraction of sp³-hybridized carbons (Fsp3) is 0.500. The Morgan fingerprint density at radius 1 is 1.25 bits per heavy atom. The van der Waals surface area contributed by atoms with Crippen LogP contribution in [0.4, 0.5) is 0 Å². The highest BCUT2D eigenvalue weighted by Gasteiger charge is 2.31. The summed E-state index contributed by atoms with van der Waals surface area (Å²) in [6.07, 6.45) is 0.421. The van der Waals surface area contributed by atoms with Crippen molar-refractivity contribution in [2.24, 2.45) is 0 Å². The Hall–Kier alpha value is -2.21. The van der Waals surface area contributed by atoms with Crippen molar-refractivity contribution < 1.29 is 9.53 Å².